The summed E-state index contributed by atoms with van der Waals surface area (Å²) >= 11 is 0. The van der Waals surface area contributed by atoms with Crippen LogP contribution < -0.4 is 14.8 Å². The van der Waals surface area contributed by atoms with Crippen molar-refractivity contribution in [2.75, 3.05) is 19.8 Å². The Balaban J connectivity index is 2.24. The molecule has 1 atom stereocenters. The summed E-state index contributed by atoms with van der Waals surface area (Å²) in [6.45, 7) is 5.27. The molecule has 0 fully saturated rings. The van der Waals surface area contributed by atoms with Crippen molar-refractivity contribution in [3.05, 3.63) is 24.3 Å². The Morgan fingerprint density at radius 3 is 2.21 bits per heavy atom. The first-order valence-corrected chi connectivity index (χ1v) is 6.45. The fourth-order valence-corrected chi connectivity index (χ4v) is 1.38. The van der Waals surface area contributed by atoms with Gasteiger partial charge in [0.1, 0.15) is 24.1 Å². The average Bonchev–Trinajstić information content (AvgIpc) is 2.42. The number of nitrogens with one attached hydrogen (secondary N) is 1. The van der Waals surface area contributed by atoms with Crippen LogP contribution in [0, 0.1) is 0 Å². The predicted octanol–water partition coefficient (Wildman–Crippen LogP) is 1.92. The summed E-state index contributed by atoms with van der Waals surface area (Å²) in [5.41, 5.74) is 0. The fourth-order valence-electron chi connectivity index (χ4n) is 1.38. The third kappa shape index (κ3) is 6.10. The molecular formula is C14H21NO4. The van der Waals surface area contributed by atoms with Gasteiger partial charge >= 0.3 is 5.97 Å². The molecule has 0 saturated carbocycles. The Kier molecular flexibility index (Phi) is 6.74. The van der Waals surface area contributed by atoms with Crippen molar-refractivity contribution in [2.45, 2.75) is 26.3 Å². The SMILES string of the molecule is CCCOc1ccc(OCCN[C@@H](C)C(=O)O)cc1. The molecule has 19 heavy (non-hydrogen) atoms. The molecule has 0 unspecified atom stereocenters. The second kappa shape index (κ2) is 8.37. The first-order chi connectivity index (χ1) is 9.13. The minimum atomic E-state index is -0.863. The first-order valence-electron chi connectivity index (χ1n) is 6.45. The first kappa shape index (κ1) is 15.3. The largest absolute Gasteiger partial charge is 0.494 e. The van der Waals surface area contributed by atoms with E-state index < -0.39 is 12.0 Å². The van der Waals surface area contributed by atoms with Crippen LogP contribution in [0.2, 0.25) is 0 Å². The maximum Gasteiger partial charge on any atom is 0.320 e. The third-order valence-corrected chi connectivity index (χ3v) is 2.49. The van der Waals surface area contributed by atoms with E-state index in [2.05, 4.69) is 12.2 Å². The van der Waals surface area contributed by atoms with Crippen LogP contribution in [-0.2, 0) is 4.79 Å². The van der Waals surface area contributed by atoms with E-state index in [0.29, 0.717) is 19.8 Å². The molecule has 0 aliphatic carbocycles. The van der Waals surface area contributed by atoms with Gasteiger partial charge in [-0.1, -0.05) is 6.92 Å². The van der Waals surface area contributed by atoms with Crippen LogP contribution in [0.1, 0.15) is 20.3 Å². The van der Waals surface area contributed by atoms with Crippen LogP contribution in [0.3, 0.4) is 0 Å². The monoisotopic (exact) mass is 267 g/mol. The van der Waals surface area contributed by atoms with E-state index >= 15 is 0 Å². The highest BCUT2D eigenvalue weighted by Gasteiger charge is 2.08. The highest BCUT2D eigenvalue weighted by molar-refractivity contribution is 5.72. The predicted molar refractivity (Wildman–Crippen MR) is 72.8 cm³/mol. The number of aliphatic carboxylic acids is 1. The van der Waals surface area contributed by atoms with E-state index in [0.717, 1.165) is 17.9 Å². The third-order valence-electron chi connectivity index (χ3n) is 2.49. The van der Waals surface area contributed by atoms with Gasteiger partial charge in [-0.05, 0) is 37.6 Å². The molecule has 1 rings (SSSR count). The molecule has 0 radical (unpaired) electrons. The van der Waals surface area contributed by atoms with Crippen molar-refractivity contribution in [3.63, 3.8) is 0 Å². The van der Waals surface area contributed by atoms with E-state index in [9.17, 15) is 4.79 Å². The molecule has 0 spiro atoms. The van der Waals surface area contributed by atoms with Gasteiger partial charge in [-0.15, -0.1) is 0 Å². The molecule has 5 nitrogen and oxygen atoms in total. The standard InChI is InChI=1S/C14H21NO4/c1-3-9-18-12-4-6-13(7-5-12)19-10-8-15-11(2)14(16)17/h4-7,11,15H,3,8-10H2,1-2H3,(H,16,17)/t11-/m0/s1. The maximum atomic E-state index is 10.6. The smallest absolute Gasteiger partial charge is 0.320 e. The van der Waals surface area contributed by atoms with Gasteiger partial charge in [-0.3, -0.25) is 4.79 Å². The Labute approximate surface area is 113 Å². The van der Waals surface area contributed by atoms with Crippen molar-refractivity contribution in [2.24, 2.45) is 0 Å². The zero-order valence-corrected chi connectivity index (χ0v) is 11.4. The van der Waals surface area contributed by atoms with Crippen LogP contribution >= 0.6 is 0 Å². The van der Waals surface area contributed by atoms with Crippen LogP contribution in [0.15, 0.2) is 24.3 Å². The van der Waals surface area contributed by atoms with Crippen molar-refractivity contribution < 1.29 is 19.4 Å². The fraction of sp³-hybridized carbons (Fsp3) is 0.500. The van der Waals surface area contributed by atoms with E-state index in [-0.39, 0.29) is 0 Å². The zero-order chi connectivity index (χ0) is 14.1. The molecule has 0 bridgehead atoms. The minimum absolute atomic E-state index is 0.423. The van der Waals surface area contributed by atoms with Gasteiger partial charge in [0.2, 0.25) is 0 Å². The van der Waals surface area contributed by atoms with Gasteiger partial charge in [0.15, 0.2) is 0 Å². The lowest BCUT2D eigenvalue weighted by molar-refractivity contribution is -0.139. The van der Waals surface area contributed by atoms with Gasteiger partial charge < -0.3 is 19.9 Å². The summed E-state index contributed by atoms with van der Waals surface area (Å²) in [5, 5.41) is 11.5. The molecule has 1 aromatic carbocycles. The van der Waals surface area contributed by atoms with Gasteiger partial charge in [-0.2, -0.15) is 0 Å². The highest BCUT2D eigenvalue weighted by atomic mass is 16.5. The number of benzene rings is 1. The van der Waals surface area contributed by atoms with Crippen LogP contribution in [0.5, 0.6) is 11.5 Å². The number of hydrogen-bond acceptors (Lipinski definition) is 4. The summed E-state index contributed by atoms with van der Waals surface area (Å²) < 4.78 is 10.9. The summed E-state index contributed by atoms with van der Waals surface area (Å²) in [6, 6.07) is 6.84. The van der Waals surface area contributed by atoms with Crippen molar-refractivity contribution >= 4 is 5.97 Å². The number of carboxylic acid groups (broad SMARTS) is 1. The van der Waals surface area contributed by atoms with E-state index in [1.165, 1.54) is 0 Å². The molecule has 0 heterocycles. The molecule has 0 amide bonds. The van der Waals surface area contributed by atoms with Gasteiger partial charge in [0.25, 0.3) is 0 Å². The van der Waals surface area contributed by atoms with Crippen LogP contribution in [0.4, 0.5) is 0 Å². The Morgan fingerprint density at radius 2 is 1.74 bits per heavy atom. The summed E-state index contributed by atoms with van der Waals surface area (Å²) in [7, 11) is 0. The Hall–Kier alpha value is -1.75. The van der Waals surface area contributed by atoms with Crippen LogP contribution in [0.25, 0.3) is 0 Å². The molecule has 0 saturated heterocycles. The molecular weight excluding hydrogens is 246 g/mol. The minimum Gasteiger partial charge on any atom is -0.494 e. The number of hydrogen-bond donors (Lipinski definition) is 2. The highest BCUT2D eigenvalue weighted by Crippen LogP contribution is 2.17. The number of carboxylic acids is 1. The van der Waals surface area contributed by atoms with E-state index in [4.69, 9.17) is 14.6 Å². The molecule has 106 valence electrons. The van der Waals surface area contributed by atoms with Gasteiger partial charge in [0, 0.05) is 6.54 Å². The lowest BCUT2D eigenvalue weighted by atomic mass is 10.3. The summed E-state index contributed by atoms with van der Waals surface area (Å²) in [5.74, 6) is 0.706. The van der Waals surface area contributed by atoms with Gasteiger partial charge in [0.05, 0.1) is 6.61 Å². The Bertz CT molecular complexity index is 378. The lowest BCUT2D eigenvalue weighted by Gasteiger charge is -2.11. The topological polar surface area (TPSA) is 67.8 Å². The lowest BCUT2D eigenvalue weighted by Crippen LogP contribution is -2.36. The molecule has 1 aromatic rings. The summed E-state index contributed by atoms with van der Waals surface area (Å²) in [6.07, 6.45) is 0.978. The normalized spacial score (nSPS) is 11.9. The Morgan fingerprint density at radius 1 is 1.21 bits per heavy atom. The number of ether oxygens (including phenoxy) is 2. The average molecular weight is 267 g/mol. The molecule has 0 aliphatic rings. The zero-order valence-electron chi connectivity index (χ0n) is 11.4. The second-order valence-electron chi connectivity index (χ2n) is 4.18. The number of rotatable bonds is 9. The quantitative estimate of drug-likeness (QED) is 0.669. The molecule has 0 aliphatic heterocycles. The van der Waals surface area contributed by atoms with Gasteiger partial charge in [-0.25, -0.2) is 0 Å². The van der Waals surface area contributed by atoms with E-state index in [1.54, 1.807) is 6.92 Å². The number of carbonyl (C=O) groups is 1. The second-order valence-corrected chi connectivity index (χ2v) is 4.18. The van der Waals surface area contributed by atoms with Crippen LogP contribution in [-0.4, -0.2) is 36.9 Å². The van der Waals surface area contributed by atoms with Crippen molar-refractivity contribution in [1.82, 2.24) is 5.32 Å². The summed E-state index contributed by atoms with van der Waals surface area (Å²) in [4.78, 5) is 10.6. The van der Waals surface area contributed by atoms with Crippen molar-refractivity contribution in [1.29, 1.82) is 0 Å². The van der Waals surface area contributed by atoms with Crippen molar-refractivity contribution in [3.8, 4) is 11.5 Å². The van der Waals surface area contributed by atoms with E-state index in [1.807, 2.05) is 24.3 Å². The molecule has 5 heteroatoms. The maximum absolute atomic E-state index is 10.6. The molecule has 0 aromatic heterocycles. The molecule has 2 N–H and O–H groups in total.